The molecule has 114 valence electrons. The van der Waals surface area contributed by atoms with Gasteiger partial charge in [0.25, 0.3) is 0 Å². The van der Waals surface area contributed by atoms with Crippen molar-refractivity contribution in [2.75, 3.05) is 32.1 Å². The summed E-state index contributed by atoms with van der Waals surface area (Å²) >= 11 is 0. The number of urea groups is 1. The van der Waals surface area contributed by atoms with Gasteiger partial charge in [0, 0.05) is 19.8 Å². The molecule has 0 bridgehead atoms. The number of hydrogen-bond donors (Lipinski definition) is 3. The maximum absolute atomic E-state index is 12.3. The van der Waals surface area contributed by atoms with Gasteiger partial charge < -0.3 is 20.4 Å². The summed E-state index contributed by atoms with van der Waals surface area (Å²) in [4.78, 5) is 36.6. The lowest BCUT2D eigenvalue weighted by Gasteiger charge is -2.26. The lowest BCUT2D eigenvalue weighted by Crippen LogP contribution is -2.47. The normalized spacial score (nSPS) is 9.81. The van der Waals surface area contributed by atoms with E-state index in [0.29, 0.717) is 5.69 Å². The second-order valence-corrected chi connectivity index (χ2v) is 4.31. The minimum absolute atomic E-state index is 0.000175. The standard InChI is InChI=1S/C13H17N3O5/c1-14-11(18)7-15(2)13(21)16(8-12(19)20)9-3-5-10(17)6-4-9/h3-6,17H,7-8H2,1-2H3,(H,14,18)(H,19,20). The highest BCUT2D eigenvalue weighted by atomic mass is 16.4. The zero-order chi connectivity index (χ0) is 16.0. The van der Waals surface area contributed by atoms with Crippen LogP contribution >= 0.6 is 0 Å². The van der Waals surface area contributed by atoms with E-state index in [4.69, 9.17) is 5.11 Å². The first-order chi connectivity index (χ1) is 9.85. The predicted molar refractivity (Wildman–Crippen MR) is 75.2 cm³/mol. The fraction of sp³-hybridized carbons (Fsp3) is 0.308. The molecule has 0 heterocycles. The number of nitrogens with one attached hydrogen (secondary N) is 1. The number of carbonyl (C=O) groups excluding carboxylic acids is 2. The summed E-state index contributed by atoms with van der Waals surface area (Å²) in [6.07, 6.45) is 0. The van der Waals surface area contributed by atoms with Gasteiger partial charge in [-0.2, -0.15) is 0 Å². The molecule has 3 amide bonds. The number of hydrogen-bond acceptors (Lipinski definition) is 4. The molecule has 21 heavy (non-hydrogen) atoms. The number of anilines is 1. The van der Waals surface area contributed by atoms with Crippen LogP contribution in [0.15, 0.2) is 24.3 Å². The average molecular weight is 295 g/mol. The van der Waals surface area contributed by atoms with Crippen LogP contribution in [0.25, 0.3) is 0 Å². The number of carbonyl (C=O) groups is 3. The van der Waals surface area contributed by atoms with Crippen LogP contribution in [0.1, 0.15) is 0 Å². The van der Waals surface area contributed by atoms with Crippen molar-refractivity contribution in [3.8, 4) is 5.75 Å². The third-order valence-corrected chi connectivity index (χ3v) is 2.67. The number of amides is 3. The van der Waals surface area contributed by atoms with Crippen molar-refractivity contribution in [1.82, 2.24) is 10.2 Å². The molecule has 8 nitrogen and oxygen atoms in total. The topological polar surface area (TPSA) is 110 Å². The van der Waals surface area contributed by atoms with Gasteiger partial charge in [0.05, 0.1) is 0 Å². The van der Waals surface area contributed by atoms with E-state index < -0.39 is 18.5 Å². The molecule has 0 aliphatic rings. The summed E-state index contributed by atoms with van der Waals surface area (Å²) in [5.74, 6) is -1.56. The van der Waals surface area contributed by atoms with Crippen LogP contribution in [0.5, 0.6) is 5.75 Å². The summed E-state index contributed by atoms with van der Waals surface area (Å²) in [7, 11) is 2.84. The zero-order valence-corrected chi connectivity index (χ0v) is 11.7. The number of benzene rings is 1. The van der Waals surface area contributed by atoms with Gasteiger partial charge in [0.2, 0.25) is 5.91 Å². The molecule has 0 spiro atoms. The van der Waals surface area contributed by atoms with E-state index in [9.17, 15) is 19.5 Å². The highest BCUT2D eigenvalue weighted by molar-refractivity contribution is 5.97. The molecule has 0 radical (unpaired) electrons. The monoisotopic (exact) mass is 295 g/mol. The van der Waals surface area contributed by atoms with Crippen molar-refractivity contribution in [3.63, 3.8) is 0 Å². The number of carboxylic acids is 1. The average Bonchev–Trinajstić information content (AvgIpc) is 2.44. The van der Waals surface area contributed by atoms with E-state index in [0.717, 1.165) is 9.80 Å². The van der Waals surface area contributed by atoms with Gasteiger partial charge in [-0.05, 0) is 24.3 Å². The first-order valence-corrected chi connectivity index (χ1v) is 6.09. The van der Waals surface area contributed by atoms with Crippen LogP contribution in [-0.2, 0) is 9.59 Å². The van der Waals surface area contributed by atoms with Crippen molar-refractivity contribution in [2.24, 2.45) is 0 Å². The molecule has 3 N–H and O–H groups in total. The molecule has 0 atom stereocenters. The Morgan fingerprint density at radius 2 is 1.71 bits per heavy atom. The summed E-state index contributed by atoms with van der Waals surface area (Å²) in [6, 6.07) is 4.90. The van der Waals surface area contributed by atoms with Gasteiger partial charge in [-0.15, -0.1) is 0 Å². The molecule has 1 aromatic rings. The van der Waals surface area contributed by atoms with Crippen molar-refractivity contribution in [3.05, 3.63) is 24.3 Å². The van der Waals surface area contributed by atoms with E-state index in [1.54, 1.807) is 0 Å². The Hall–Kier alpha value is -2.77. The SMILES string of the molecule is CNC(=O)CN(C)C(=O)N(CC(=O)O)c1ccc(O)cc1. The molecule has 0 fully saturated rings. The van der Waals surface area contributed by atoms with E-state index in [-0.39, 0.29) is 18.2 Å². The number of likely N-dealkylation sites (N-methyl/N-ethyl adjacent to an activating group) is 2. The number of aliphatic carboxylic acids is 1. The number of rotatable bonds is 5. The molecule has 0 unspecified atom stereocenters. The zero-order valence-electron chi connectivity index (χ0n) is 11.7. The molecule has 0 saturated heterocycles. The Morgan fingerprint density at radius 1 is 1.14 bits per heavy atom. The molecule has 0 aromatic heterocycles. The number of carboxylic acid groups (broad SMARTS) is 1. The largest absolute Gasteiger partial charge is 0.508 e. The van der Waals surface area contributed by atoms with Crippen LogP contribution in [0.4, 0.5) is 10.5 Å². The Labute approximate surface area is 121 Å². The smallest absolute Gasteiger partial charge is 0.325 e. The van der Waals surface area contributed by atoms with Gasteiger partial charge in [-0.1, -0.05) is 0 Å². The molecule has 0 aliphatic heterocycles. The fourth-order valence-corrected chi connectivity index (χ4v) is 1.61. The van der Waals surface area contributed by atoms with Crippen LogP contribution in [-0.4, -0.2) is 60.2 Å². The number of nitrogens with zero attached hydrogens (tertiary/aromatic N) is 2. The summed E-state index contributed by atoms with van der Waals surface area (Å²) in [5.41, 5.74) is 0.309. The summed E-state index contributed by atoms with van der Waals surface area (Å²) in [5, 5.41) is 20.5. The molecule has 1 aromatic carbocycles. The maximum atomic E-state index is 12.3. The van der Waals surface area contributed by atoms with Crippen LogP contribution in [0.3, 0.4) is 0 Å². The highest BCUT2D eigenvalue weighted by Gasteiger charge is 2.23. The highest BCUT2D eigenvalue weighted by Crippen LogP contribution is 2.19. The van der Waals surface area contributed by atoms with Crippen molar-refractivity contribution >= 4 is 23.6 Å². The van der Waals surface area contributed by atoms with E-state index >= 15 is 0 Å². The predicted octanol–water partition coefficient (Wildman–Crippen LogP) is 0.0810. The Kier molecular flexibility index (Phi) is 5.53. The van der Waals surface area contributed by atoms with Crippen molar-refractivity contribution < 1.29 is 24.6 Å². The van der Waals surface area contributed by atoms with Crippen molar-refractivity contribution in [2.45, 2.75) is 0 Å². The van der Waals surface area contributed by atoms with E-state index in [2.05, 4.69) is 5.32 Å². The minimum atomic E-state index is -1.19. The minimum Gasteiger partial charge on any atom is -0.508 e. The lowest BCUT2D eigenvalue weighted by atomic mass is 10.2. The van der Waals surface area contributed by atoms with Crippen LogP contribution in [0, 0.1) is 0 Å². The third-order valence-electron chi connectivity index (χ3n) is 2.67. The summed E-state index contributed by atoms with van der Waals surface area (Å²) < 4.78 is 0. The Bertz CT molecular complexity index is 529. The Morgan fingerprint density at radius 3 is 2.19 bits per heavy atom. The van der Waals surface area contributed by atoms with Gasteiger partial charge in [0.15, 0.2) is 0 Å². The molecular weight excluding hydrogens is 278 g/mol. The fourth-order valence-electron chi connectivity index (χ4n) is 1.61. The Balaban J connectivity index is 2.96. The lowest BCUT2D eigenvalue weighted by molar-refractivity contribution is -0.135. The van der Waals surface area contributed by atoms with E-state index in [1.807, 2.05) is 0 Å². The summed E-state index contributed by atoms with van der Waals surface area (Å²) in [6.45, 7) is -0.745. The molecule has 8 heteroatoms. The number of phenolic OH excluding ortho intramolecular Hbond substituents is 1. The second-order valence-electron chi connectivity index (χ2n) is 4.31. The van der Waals surface area contributed by atoms with Crippen LogP contribution in [0.2, 0.25) is 0 Å². The first-order valence-electron chi connectivity index (χ1n) is 6.09. The quantitative estimate of drug-likeness (QED) is 0.712. The second kappa shape index (κ2) is 7.13. The van der Waals surface area contributed by atoms with Gasteiger partial charge in [-0.3, -0.25) is 14.5 Å². The van der Waals surface area contributed by atoms with Crippen LogP contribution < -0.4 is 10.2 Å². The van der Waals surface area contributed by atoms with Gasteiger partial charge in [0.1, 0.15) is 18.8 Å². The number of phenols is 1. The van der Waals surface area contributed by atoms with Crippen molar-refractivity contribution in [1.29, 1.82) is 0 Å². The maximum Gasteiger partial charge on any atom is 0.325 e. The van der Waals surface area contributed by atoms with Gasteiger partial charge in [-0.25, -0.2) is 4.79 Å². The van der Waals surface area contributed by atoms with E-state index in [1.165, 1.54) is 38.4 Å². The first kappa shape index (κ1) is 16.3. The molecule has 0 saturated carbocycles. The molecule has 0 aliphatic carbocycles. The van der Waals surface area contributed by atoms with Gasteiger partial charge >= 0.3 is 12.0 Å². The third kappa shape index (κ3) is 4.68. The number of aromatic hydroxyl groups is 1. The molecule has 1 rings (SSSR count). The molecular formula is C13H17N3O5.